The van der Waals surface area contributed by atoms with Crippen LogP contribution in [0.3, 0.4) is 0 Å². The first-order valence-corrected chi connectivity index (χ1v) is 9.16. The first-order valence-electron chi connectivity index (χ1n) is 6.14. The molecule has 9 heteroatoms. The van der Waals surface area contributed by atoms with E-state index in [1.54, 1.807) is 19.9 Å². The molecule has 118 valence electrons. The number of sulfonamides is 1. The average molecular weight is 444 g/mol. The van der Waals surface area contributed by atoms with Gasteiger partial charge in [0.1, 0.15) is 11.4 Å². The lowest BCUT2D eigenvalue weighted by Gasteiger charge is -2.21. The Morgan fingerprint density at radius 1 is 1.33 bits per heavy atom. The van der Waals surface area contributed by atoms with Crippen LogP contribution in [-0.2, 0) is 19.6 Å². The van der Waals surface area contributed by atoms with Gasteiger partial charge in [0.25, 0.3) is 0 Å². The SMILES string of the molecule is CCOC(=O)CN(CC)S(=O)(=O)c1c(N)cc(Br)cc1Br. The summed E-state index contributed by atoms with van der Waals surface area (Å²) in [5, 5.41) is 0. The molecule has 0 aromatic heterocycles. The van der Waals surface area contributed by atoms with E-state index in [4.69, 9.17) is 10.5 Å². The number of rotatable bonds is 6. The summed E-state index contributed by atoms with van der Waals surface area (Å²) in [5.74, 6) is -0.602. The second kappa shape index (κ2) is 7.57. The van der Waals surface area contributed by atoms with Crippen molar-refractivity contribution in [1.82, 2.24) is 4.31 Å². The molecule has 0 unspecified atom stereocenters. The van der Waals surface area contributed by atoms with Crippen LogP contribution in [0.15, 0.2) is 26.0 Å². The summed E-state index contributed by atoms with van der Waals surface area (Å²) in [5.41, 5.74) is 5.90. The number of halogens is 2. The topological polar surface area (TPSA) is 89.7 Å². The zero-order valence-electron chi connectivity index (χ0n) is 11.6. The van der Waals surface area contributed by atoms with Crippen LogP contribution in [0.5, 0.6) is 0 Å². The Morgan fingerprint density at radius 2 is 1.95 bits per heavy atom. The second-order valence-electron chi connectivity index (χ2n) is 4.04. The largest absolute Gasteiger partial charge is 0.465 e. The van der Waals surface area contributed by atoms with Gasteiger partial charge in [0.05, 0.1) is 12.3 Å². The lowest BCUT2D eigenvalue weighted by atomic mass is 10.3. The van der Waals surface area contributed by atoms with E-state index < -0.39 is 16.0 Å². The van der Waals surface area contributed by atoms with Crippen molar-refractivity contribution in [2.75, 3.05) is 25.4 Å². The molecule has 0 atom stereocenters. The number of anilines is 1. The number of nitrogen functional groups attached to an aromatic ring is 1. The van der Waals surface area contributed by atoms with Gasteiger partial charge in [0.2, 0.25) is 10.0 Å². The molecule has 0 aliphatic heterocycles. The molecule has 0 bridgehead atoms. The molecule has 1 aromatic carbocycles. The molecule has 0 fully saturated rings. The minimum absolute atomic E-state index is 0.0585. The summed E-state index contributed by atoms with van der Waals surface area (Å²) in [7, 11) is -3.90. The summed E-state index contributed by atoms with van der Waals surface area (Å²) in [6.07, 6.45) is 0. The molecule has 0 spiro atoms. The van der Waals surface area contributed by atoms with Gasteiger partial charge in [-0.1, -0.05) is 22.9 Å². The molecule has 2 N–H and O–H groups in total. The number of likely N-dealkylation sites (N-methyl/N-ethyl adjacent to an activating group) is 1. The molecule has 6 nitrogen and oxygen atoms in total. The first kappa shape index (κ1) is 18.4. The summed E-state index contributed by atoms with van der Waals surface area (Å²) >= 11 is 6.43. The van der Waals surface area contributed by atoms with Gasteiger partial charge in [0.15, 0.2) is 0 Å². The number of benzene rings is 1. The minimum Gasteiger partial charge on any atom is -0.465 e. The number of carbonyl (C=O) groups excluding carboxylic acids is 1. The van der Waals surface area contributed by atoms with E-state index in [0.717, 1.165) is 4.31 Å². The van der Waals surface area contributed by atoms with E-state index in [1.165, 1.54) is 6.07 Å². The summed E-state index contributed by atoms with van der Waals surface area (Å²) in [4.78, 5) is 11.5. The van der Waals surface area contributed by atoms with Crippen molar-refractivity contribution >= 4 is 53.5 Å². The Kier molecular flexibility index (Phi) is 6.64. The molecule has 1 rings (SSSR count). The lowest BCUT2D eigenvalue weighted by Crippen LogP contribution is -2.36. The highest BCUT2D eigenvalue weighted by atomic mass is 79.9. The normalized spacial score (nSPS) is 11.7. The minimum atomic E-state index is -3.90. The number of ether oxygens (including phenoxy) is 1. The molecule has 0 radical (unpaired) electrons. The molecule has 0 amide bonds. The van der Waals surface area contributed by atoms with Crippen LogP contribution >= 0.6 is 31.9 Å². The van der Waals surface area contributed by atoms with Gasteiger partial charge in [-0.2, -0.15) is 4.31 Å². The number of hydrogen-bond acceptors (Lipinski definition) is 5. The summed E-state index contributed by atoms with van der Waals surface area (Å²) in [6.45, 7) is 3.27. The van der Waals surface area contributed by atoms with Crippen molar-refractivity contribution < 1.29 is 17.9 Å². The van der Waals surface area contributed by atoms with E-state index in [1.807, 2.05) is 0 Å². The zero-order chi connectivity index (χ0) is 16.2. The quantitative estimate of drug-likeness (QED) is 0.538. The van der Waals surface area contributed by atoms with Crippen molar-refractivity contribution in [3.8, 4) is 0 Å². The van der Waals surface area contributed by atoms with E-state index in [-0.39, 0.29) is 30.3 Å². The zero-order valence-corrected chi connectivity index (χ0v) is 15.6. The predicted molar refractivity (Wildman–Crippen MR) is 87.3 cm³/mol. The van der Waals surface area contributed by atoms with Gasteiger partial charge in [-0.3, -0.25) is 4.79 Å². The second-order valence-corrected chi connectivity index (χ2v) is 7.69. The van der Waals surface area contributed by atoms with Crippen molar-refractivity contribution in [1.29, 1.82) is 0 Å². The molecule has 0 aliphatic rings. The van der Waals surface area contributed by atoms with Crippen LogP contribution in [0.2, 0.25) is 0 Å². The highest BCUT2D eigenvalue weighted by Crippen LogP contribution is 2.33. The first-order chi connectivity index (χ1) is 9.73. The highest BCUT2D eigenvalue weighted by molar-refractivity contribution is 9.11. The molecule has 0 saturated carbocycles. The van der Waals surface area contributed by atoms with Gasteiger partial charge < -0.3 is 10.5 Å². The van der Waals surface area contributed by atoms with Crippen molar-refractivity contribution in [2.45, 2.75) is 18.7 Å². The van der Waals surface area contributed by atoms with E-state index >= 15 is 0 Å². The number of esters is 1. The summed E-state index contributed by atoms with van der Waals surface area (Å²) in [6, 6.07) is 3.08. The fraction of sp³-hybridized carbons (Fsp3) is 0.417. The third-order valence-corrected chi connectivity index (χ3v) is 5.98. The lowest BCUT2D eigenvalue weighted by molar-refractivity contribution is -0.143. The highest BCUT2D eigenvalue weighted by Gasteiger charge is 2.30. The number of nitrogens with two attached hydrogens (primary N) is 1. The standard InChI is InChI=1S/C12H16Br2N2O4S/c1-3-16(7-11(17)20-4-2)21(18,19)12-9(14)5-8(13)6-10(12)15/h5-6H,3-4,7,15H2,1-2H3. The van der Waals surface area contributed by atoms with Crippen molar-refractivity contribution in [3.63, 3.8) is 0 Å². The smallest absolute Gasteiger partial charge is 0.321 e. The van der Waals surface area contributed by atoms with Gasteiger partial charge >= 0.3 is 5.97 Å². The van der Waals surface area contributed by atoms with Gasteiger partial charge in [-0.05, 0) is 35.0 Å². The molecule has 0 aliphatic carbocycles. The Morgan fingerprint density at radius 3 is 2.43 bits per heavy atom. The third kappa shape index (κ3) is 4.41. The van der Waals surface area contributed by atoms with Gasteiger partial charge in [0, 0.05) is 15.5 Å². The number of nitrogens with zero attached hydrogens (tertiary/aromatic N) is 1. The Balaban J connectivity index is 3.23. The van der Waals surface area contributed by atoms with Crippen LogP contribution in [0.25, 0.3) is 0 Å². The fourth-order valence-electron chi connectivity index (χ4n) is 1.70. The Labute approximate surface area is 140 Å². The molecular formula is C12H16Br2N2O4S. The van der Waals surface area contributed by atoms with Crippen LogP contribution in [0, 0.1) is 0 Å². The molecule has 21 heavy (non-hydrogen) atoms. The maximum atomic E-state index is 12.6. The van der Waals surface area contributed by atoms with Gasteiger partial charge in [-0.15, -0.1) is 0 Å². The van der Waals surface area contributed by atoms with Crippen molar-refractivity contribution in [2.24, 2.45) is 0 Å². The Bertz CT molecular complexity index is 611. The van der Waals surface area contributed by atoms with Crippen LogP contribution in [0.4, 0.5) is 5.69 Å². The third-order valence-electron chi connectivity index (χ3n) is 2.60. The van der Waals surface area contributed by atoms with Gasteiger partial charge in [-0.25, -0.2) is 8.42 Å². The number of hydrogen-bond donors (Lipinski definition) is 1. The van der Waals surface area contributed by atoms with E-state index in [9.17, 15) is 13.2 Å². The Hall–Kier alpha value is -0.640. The van der Waals surface area contributed by atoms with Crippen LogP contribution in [0.1, 0.15) is 13.8 Å². The van der Waals surface area contributed by atoms with Crippen LogP contribution in [-0.4, -0.2) is 38.4 Å². The fourth-order valence-corrected chi connectivity index (χ4v) is 5.11. The molecule has 0 saturated heterocycles. The predicted octanol–water partition coefficient (Wildman–Crippen LogP) is 2.37. The number of carbonyl (C=O) groups is 1. The maximum Gasteiger partial charge on any atom is 0.321 e. The van der Waals surface area contributed by atoms with E-state index in [2.05, 4.69) is 31.9 Å². The maximum absolute atomic E-state index is 12.6. The molecule has 0 heterocycles. The molecule has 1 aromatic rings. The monoisotopic (exact) mass is 442 g/mol. The van der Waals surface area contributed by atoms with Crippen LogP contribution < -0.4 is 5.73 Å². The molecular weight excluding hydrogens is 428 g/mol. The summed E-state index contributed by atoms with van der Waals surface area (Å²) < 4.78 is 32.1. The van der Waals surface area contributed by atoms with Crippen molar-refractivity contribution in [3.05, 3.63) is 21.1 Å². The van der Waals surface area contributed by atoms with E-state index in [0.29, 0.717) is 8.95 Å². The average Bonchev–Trinajstić information content (AvgIpc) is 2.34.